The molecule has 3 nitrogen and oxygen atoms in total. The minimum atomic E-state index is 0. The van der Waals surface area contributed by atoms with Gasteiger partial charge >= 0.3 is 0 Å². The van der Waals surface area contributed by atoms with Crippen LogP contribution < -0.4 is 0 Å². The van der Waals surface area contributed by atoms with Gasteiger partial charge < -0.3 is 7.43 Å². The van der Waals surface area contributed by atoms with Crippen LogP contribution in [0, 0.1) is 7.43 Å². The van der Waals surface area contributed by atoms with Crippen LogP contribution in [-0.2, 0) is 17.1 Å². The van der Waals surface area contributed by atoms with E-state index in [1.807, 2.05) is 12.1 Å². The molecule has 2 aromatic carbocycles. The molecule has 0 fully saturated rings. The first-order valence-corrected chi connectivity index (χ1v) is 13.3. The Labute approximate surface area is 242 Å². The van der Waals surface area contributed by atoms with Crippen LogP contribution in [0.5, 0.6) is 0 Å². The number of para-hydroxylation sites is 2. The summed E-state index contributed by atoms with van der Waals surface area (Å²) in [6.07, 6.45) is 0. The smallest absolute Gasteiger partial charge is 0.0849 e. The predicted molar refractivity (Wildman–Crippen MR) is 164 cm³/mol. The van der Waals surface area contributed by atoms with Crippen LogP contribution >= 0.6 is 0 Å². The molecule has 0 saturated heterocycles. The first-order chi connectivity index (χ1) is 17.0. The van der Waals surface area contributed by atoms with Crippen LogP contribution in [0.4, 0.5) is 11.4 Å². The Balaban J connectivity index is 0.00000361. The minimum absolute atomic E-state index is 0. The summed E-state index contributed by atoms with van der Waals surface area (Å²) in [7, 11) is 0. The third-order valence-electron chi connectivity index (χ3n) is 6.73. The first-order valence-electron chi connectivity index (χ1n) is 13.3. The van der Waals surface area contributed by atoms with Crippen LogP contribution in [0.25, 0.3) is 0 Å². The molecule has 1 heterocycles. The van der Waals surface area contributed by atoms with Crippen molar-refractivity contribution in [3.63, 3.8) is 0 Å². The van der Waals surface area contributed by atoms with Gasteiger partial charge in [0.25, 0.3) is 0 Å². The van der Waals surface area contributed by atoms with Crippen molar-refractivity contribution in [1.82, 2.24) is 4.98 Å². The number of aliphatic imine (C=N–C) groups is 2. The van der Waals surface area contributed by atoms with Crippen molar-refractivity contribution in [2.45, 2.75) is 92.9 Å². The van der Waals surface area contributed by atoms with E-state index < -0.39 is 0 Å². The fraction of sp³-hybridized carbons (Fsp3) is 0.412. The van der Waals surface area contributed by atoms with E-state index >= 15 is 0 Å². The molecule has 3 rings (SSSR count). The van der Waals surface area contributed by atoms with Gasteiger partial charge in [-0.1, -0.05) is 97.9 Å². The van der Waals surface area contributed by atoms with Crippen molar-refractivity contribution in [2.75, 3.05) is 0 Å². The van der Waals surface area contributed by atoms with E-state index in [1.165, 1.54) is 22.3 Å². The molecule has 3 aromatic rings. The largest absolute Gasteiger partial charge is 0.358 e. The summed E-state index contributed by atoms with van der Waals surface area (Å²) in [4.78, 5) is 15.3. The van der Waals surface area contributed by atoms with Gasteiger partial charge in [0.2, 0.25) is 0 Å². The van der Waals surface area contributed by atoms with E-state index in [0.29, 0.717) is 23.7 Å². The maximum Gasteiger partial charge on any atom is 0.0849 e. The molecule has 206 valence electrons. The van der Waals surface area contributed by atoms with Crippen LogP contribution in [-0.4, -0.2) is 16.4 Å². The van der Waals surface area contributed by atoms with Crippen LogP contribution in [0.15, 0.2) is 64.6 Å². The molecule has 0 amide bonds. The van der Waals surface area contributed by atoms with Gasteiger partial charge in [-0.15, -0.1) is 0 Å². The van der Waals surface area contributed by atoms with Gasteiger partial charge in [0.05, 0.1) is 34.2 Å². The van der Waals surface area contributed by atoms with Gasteiger partial charge in [-0.05, 0) is 71.9 Å². The Morgan fingerprint density at radius 2 is 0.789 bits per heavy atom. The van der Waals surface area contributed by atoms with Crippen LogP contribution in [0.3, 0.4) is 0 Å². The average Bonchev–Trinajstić information content (AvgIpc) is 2.83. The zero-order chi connectivity index (χ0) is 26.6. The van der Waals surface area contributed by atoms with Gasteiger partial charge in [-0.25, -0.2) is 4.98 Å². The third kappa shape index (κ3) is 7.74. The van der Waals surface area contributed by atoms with Crippen LogP contribution in [0.1, 0.15) is 127 Å². The van der Waals surface area contributed by atoms with Crippen molar-refractivity contribution in [3.8, 4) is 0 Å². The molecule has 0 spiro atoms. The second kappa shape index (κ2) is 14.6. The van der Waals surface area contributed by atoms with Crippen molar-refractivity contribution in [3.05, 3.63) is 95.7 Å². The van der Waals surface area contributed by atoms with E-state index in [2.05, 4.69) is 112 Å². The molecule has 0 unspecified atom stereocenters. The van der Waals surface area contributed by atoms with Crippen LogP contribution in [0.2, 0.25) is 0 Å². The molecule has 0 N–H and O–H groups in total. The normalized spacial score (nSPS) is 12.3. The van der Waals surface area contributed by atoms with Gasteiger partial charge in [0.1, 0.15) is 0 Å². The fourth-order valence-corrected chi connectivity index (χ4v) is 4.57. The molecular formula is C34H46FeN3-. The molecule has 0 saturated carbocycles. The molecule has 1 aromatic heterocycles. The average molecular weight is 553 g/mol. The third-order valence-corrected chi connectivity index (χ3v) is 6.73. The maximum absolute atomic E-state index is 5.15. The van der Waals surface area contributed by atoms with Gasteiger partial charge in [0, 0.05) is 17.1 Å². The summed E-state index contributed by atoms with van der Waals surface area (Å²) in [5, 5.41) is 0. The minimum Gasteiger partial charge on any atom is -0.358 e. The number of nitrogens with zero attached hydrogens (tertiary/aromatic N) is 3. The van der Waals surface area contributed by atoms with E-state index in [1.54, 1.807) is 0 Å². The molecule has 0 atom stereocenters. The number of hydrogen-bond donors (Lipinski definition) is 0. The molecule has 0 radical (unpaired) electrons. The summed E-state index contributed by atoms with van der Waals surface area (Å²) in [6.45, 7) is 22.0. The van der Waals surface area contributed by atoms with Crippen molar-refractivity contribution in [1.29, 1.82) is 0 Å². The summed E-state index contributed by atoms with van der Waals surface area (Å²) < 4.78 is 0. The summed E-state index contributed by atoms with van der Waals surface area (Å²) in [5.74, 6) is 1.61. The van der Waals surface area contributed by atoms with E-state index in [9.17, 15) is 0 Å². The van der Waals surface area contributed by atoms with Gasteiger partial charge in [0.15, 0.2) is 0 Å². The SMILES string of the molecule is CC(=Nc1c(C(C)C)cccc1C(C)C)c1cccc(C(C)=Nc2c(C(C)C)cccc2C(C)C)n1.[CH3-].[Fe]. The van der Waals surface area contributed by atoms with Gasteiger partial charge in [-0.3, -0.25) is 9.98 Å². The zero-order valence-electron chi connectivity index (χ0n) is 25.2. The maximum atomic E-state index is 5.15. The molecule has 0 aliphatic carbocycles. The van der Waals surface area contributed by atoms with E-state index in [-0.39, 0.29) is 24.5 Å². The Bertz CT molecular complexity index is 1120. The standard InChI is InChI=1S/C33H43N3.CH3.Fe/c1-20(2)26-14-11-15-27(21(3)4)32(26)34-24(9)30-18-13-19-31(36-30)25(10)35-33-28(22(5)6)16-12-17-29(33)23(7)8;;/h11-23H,1-10H3;1H3;/q;-1;. The number of benzene rings is 2. The Hall–Kier alpha value is -2.55. The summed E-state index contributed by atoms with van der Waals surface area (Å²) >= 11 is 0. The zero-order valence-corrected chi connectivity index (χ0v) is 26.3. The number of pyridine rings is 1. The number of hydrogen-bond acceptors (Lipinski definition) is 3. The van der Waals surface area contributed by atoms with E-state index in [0.717, 1.165) is 34.2 Å². The topological polar surface area (TPSA) is 37.6 Å². The fourth-order valence-electron chi connectivity index (χ4n) is 4.57. The molecule has 38 heavy (non-hydrogen) atoms. The first kappa shape index (κ1) is 33.5. The second-order valence-electron chi connectivity index (χ2n) is 11.0. The molecule has 0 aliphatic rings. The monoisotopic (exact) mass is 552 g/mol. The predicted octanol–water partition coefficient (Wildman–Crippen LogP) is 10.3. The molecule has 4 heteroatoms. The molecule has 0 aliphatic heterocycles. The quantitative estimate of drug-likeness (QED) is 0.156. The molecule has 0 bridgehead atoms. The Morgan fingerprint density at radius 3 is 1.05 bits per heavy atom. The van der Waals surface area contributed by atoms with Gasteiger partial charge in [-0.2, -0.15) is 0 Å². The summed E-state index contributed by atoms with van der Waals surface area (Å²) in [6, 6.07) is 19.2. The Morgan fingerprint density at radius 1 is 0.526 bits per heavy atom. The Kier molecular flexibility index (Phi) is 12.8. The van der Waals surface area contributed by atoms with Crippen molar-refractivity contribution in [2.24, 2.45) is 9.98 Å². The molecular weight excluding hydrogens is 506 g/mol. The van der Waals surface area contributed by atoms with Crippen molar-refractivity contribution < 1.29 is 17.1 Å². The van der Waals surface area contributed by atoms with E-state index in [4.69, 9.17) is 15.0 Å². The second-order valence-corrected chi connectivity index (χ2v) is 11.0. The van der Waals surface area contributed by atoms with Crippen molar-refractivity contribution >= 4 is 22.8 Å². The number of rotatable bonds is 8. The summed E-state index contributed by atoms with van der Waals surface area (Å²) in [5.41, 5.74) is 10.9. The number of aromatic nitrogens is 1.